The van der Waals surface area contributed by atoms with Crippen LogP contribution in [0.3, 0.4) is 0 Å². The minimum absolute atomic E-state index is 0.0632. The van der Waals surface area contributed by atoms with E-state index in [1.165, 1.54) is 0 Å². The van der Waals surface area contributed by atoms with Gasteiger partial charge in [-0.05, 0) is 97.7 Å². The van der Waals surface area contributed by atoms with Crippen molar-refractivity contribution >= 4 is 0 Å². The fraction of sp³-hybridized carbons (Fsp3) is 1.00. The molecule has 0 unspecified atom stereocenters. The number of hydrogen-bond donors (Lipinski definition) is 21. The van der Waals surface area contributed by atoms with Gasteiger partial charge in [0, 0.05) is 12.3 Å². The second-order valence-corrected chi connectivity index (χ2v) is 32.0. The number of hydrogen-bond acceptors (Lipinski definition) is 37. The molecule has 4 aliphatic carbocycles. The van der Waals surface area contributed by atoms with Gasteiger partial charge in [0.1, 0.15) is 159 Å². The Bertz CT molecular complexity index is 2780. The van der Waals surface area contributed by atoms with Crippen LogP contribution in [0.25, 0.3) is 0 Å². The van der Waals surface area contributed by atoms with Crippen LogP contribution in [0.1, 0.15) is 85.5 Å². The van der Waals surface area contributed by atoms with Crippen molar-refractivity contribution < 1.29 is 183 Å². The zero-order valence-corrected chi connectivity index (χ0v) is 58.3. The summed E-state index contributed by atoms with van der Waals surface area (Å²) in [5.74, 6) is 1.81. The fourth-order valence-corrected chi connectivity index (χ4v) is 20.1. The third kappa shape index (κ3) is 14.6. The molecule has 13 aliphatic rings. The molecule has 0 aromatic carbocycles. The van der Waals surface area contributed by atoms with Gasteiger partial charge in [-0.3, -0.25) is 0 Å². The highest BCUT2D eigenvalue weighted by Crippen LogP contribution is 2.71. The second-order valence-electron chi connectivity index (χ2n) is 32.0. The molecule has 13 rings (SSSR count). The van der Waals surface area contributed by atoms with Gasteiger partial charge in [-0.25, -0.2) is 0 Å². The monoisotopic (exact) mass is 1510 g/mol. The Morgan fingerprint density at radius 2 is 0.885 bits per heavy atom. The normalized spacial score (nSPS) is 57.0. The van der Waals surface area contributed by atoms with E-state index in [0.717, 1.165) is 44.9 Å². The molecule has 0 radical (unpaired) electrons. The first kappa shape index (κ1) is 80.6. The standard InChI is InChI=1S/C67H110O37/c1-22-7-10-67(91-19-22)23(2)38-31(104-67)12-27-25-6-5-24-11-30(28(73)13-66(24,4)26(25)8-9-65(27,38)3)92-60-50(86)46(82)53(36(18-72)97-60)99-64-57(103-61-49(85)45(81)40(76)32(14-68)94-61)56(43(79)35(17-71)96-64)102-62-51(87)54(42(78)34(16-70)95-62)101-63-52(88)55(100-59-47(83)39(75)29(74)20-89-59)44(80)37(98-63)21-90-58-48(84)41(77)33(15-69)93-58/h22-64,68-88H,5-21H2,1-4H3/t22-,23-,24-,25+,26-,27+,28+,29+,30+,31-,32+,33-,34+,35+,36+,37+,38-,39-,40-,41+,42+,43+,44+,45-,46+,47+,48+,49+,50+,51+,52+,53-,54-,55-,56-,57+,58+,59-,60+,61-,62-,63-,64-,65-,66-,67+/m0/s1. The Hall–Kier alpha value is -1.48. The van der Waals surface area contributed by atoms with Crippen LogP contribution in [-0.2, 0) is 75.8 Å². The van der Waals surface area contributed by atoms with Gasteiger partial charge in [0.05, 0.1) is 71.2 Å². The van der Waals surface area contributed by atoms with E-state index in [1.807, 2.05) is 0 Å². The molecule has 0 aromatic heterocycles. The molecule has 104 heavy (non-hydrogen) atoms. The van der Waals surface area contributed by atoms with Crippen molar-refractivity contribution in [2.24, 2.45) is 52.3 Å². The van der Waals surface area contributed by atoms with Crippen molar-refractivity contribution in [2.45, 2.75) is 312 Å². The van der Waals surface area contributed by atoms with Crippen LogP contribution >= 0.6 is 0 Å². The molecule has 600 valence electrons. The van der Waals surface area contributed by atoms with E-state index in [1.54, 1.807) is 0 Å². The third-order valence-electron chi connectivity index (χ3n) is 26.0. The molecule has 46 atom stereocenters. The Labute approximate surface area is 598 Å². The molecule has 9 saturated heterocycles. The minimum atomic E-state index is -2.39. The maximum atomic E-state index is 12.3. The van der Waals surface area contributed by atoms with E-state index < -0.39 is 267 Å². The van der Waals surface area contributed by atoms with E-state index in [2.05, 4.69) is 27.7 Å². The highest BCUT2D eigenvalue weighted by molar-refractivity contribution is 5.16. The first-order valence-electron chi connectivity index (χ1n) is 36.8. The lowest BCUT2D eigenvalue weighted by molar-refractivity contribution is -0.412. The van der Waals surface area contributed by atoms with Crippen LogP contribution in [0.5, 0.6) is 0 Å². The van der Waals surface area contributed by atoms with E-state index >= 15 is 0 Å². The Morgan fingerprint density at radius 3 is 1.52 bits per heavy atom. The van der Waals surface area contributed by atoms with Crippen molar-refractivity contribution in [3.63, 3.8) is 0 Å². The zero-order valence-electron chi connectivity index (χ0n) is 58.3. The molecule has 37 nitrogen and oxygen atoms in total. The summed E-state index contributed by atoms with van der Waals surface area (Å²) >= 11 is 0. The van der Waals surface area contributed by atoms with Gasteiger partial charge < -0.3 is 183 Å². The predicted octanol–water partition coefficient (Wildman–Crippen LogP) is -9.19. The van der Waals surface area contributed by atoms with Gasteiger partial charge in [-0.2, -0.15) is 0 Å². The van der Waals surface area contributed by atoms with E-state index in [-0.39, 0.29) is 28.8 Å². The molecule has 9 heterocycles. The van der Waals surface area contributed by atoms with Crippen LogP contribution in [0.2, 0.25) is 0 Å². The van der Waals surface area contributed by atoms with E-state index in [0.29, 0.717) is 49.0 Å². The second kappa shape index (κ2) is 32.2. The molecule has 13 fully saturated rings. The maximum Gasteiger partial charge on any atom is 0.187 e. The van der Waals surface area contributed by atoms with Gasteiger partial charge in [-0.15, -0.1) is 0 Å². The van der Waals surface area contributed by atoms with Crippen molar-refractivity contribution in [1.29, 1.82) is 0 Å². The number of fused-ring (bicyclic) bond motifs is 7. The first-order chi connectivity index (χ1) is 49.4. The zero-order chi connectivity index (χ0) is 74.7. The average Bonchev–Trinajstić information content (AvgIpc) is 1.50. The van der Waals surface area contributed by atoms with Crippen LogP contribution in [0, 0.1) is 52.3 Å². The predicted molar refractivity (Wildman–Crippen MR) is 336 cm³/mol. The van der Waals surface area contributed by atoms with Gasteiger partial charge in [0.25, 0.3) is 0 Å². The molecule has 0 aromatic rings. The quantitative estimate of drug-likeness (QED) is 0.0503. The van der Waals surface area contributed by atoms with Gasteiger partial charge in [0.2, 0.25) is 0 Å². The lowest BCUT2D eigenvalue weighted by Gasteiger charge is -2.62. The fourth-order valence-electron chi connectivity index (χ4n) is 20.1. The molecule has 9 aliphatic heterocycles. The minimum Gasteiger partial charge on any atom is -0.394 e. The molecule has 4 saturated carbocycles. The summed E-state index contributed by atoms with van der Waals surface area (Å²) in [6.07, 6.45) is -59.4. The molecule has 0 bridgehead atoms. The Morgan fingerprint density at radius 1 is 0.385 bits per heavy atom. The molecule has 0 amide bonds. The topological polar surface area (TPSA) is 573 Å². The average molecular weight is 1510 g/mol. The van der Waals surface area contributed by atoms with Crippen LogP contribution in [-0.4, -0.2) is 387 Å². The Balaban J connectivity index is 0.718. The lowest BCUT2D eigenvalue weighted by Crippen LogP contribution is -2.69. The summed E-state index contributed by atoms with van der Waals surface area (Å²) in [5, 5.41) is 234. The van der Waals surface area contributed by atoms with Crippen molar-refractivity contribution in [3.05, 3.63) is 0 Å². The summed E-state index contributed by atoms with van der Waals surface area (Å²) in [6.45, 7) is 3.58. The molecular weight excluding hydrogens is 1400 g/mol. The summed E-state index contributed by atoms with van der Waals surface area (Å²) in [7, 11) is 0. The summed E-state index contributed by atoms with van der Waals surface area (Å²) in [4.78, 5) is 0. The van der Waals surface area contributed by atoms with E-state index in [9.17, 15) is 107 Å². The van der Waals surface area contributed by atoms with Crippen molar-refractivity contribution in [3.8, 4) is 0 Å². The summed E-state index contributed by atoms with van der Waals surface area (Å²) in [5.41, 5.74) is -0.215. The molecular formula is C67H110O37. The number of aliphatic hydroxyl groups excluding tert-OH is 21. The molecule has 37 heteroatoms. The van der Waals surface area contributed by atoms with Crippen molar-refractivity contribution in [2.75, 3.05) is 52.9 Å². The molecule has 1 spiro atoms. The lowest BCUT2D eigenvalue weighted by atomic mass is 9.44. The number of ether oxygens (including phenoxy) is 16. The maximum absolute atomic E-state index is 12.3. The van der Waals surface area contributed by atoms with Gasteiger partial charge >= 0.3 is 0 Å². The third-order valence-corrected chi connectivity index (χ3v) is 26.0. The highest BCUT2D eigenvalue weighted by atomic mass is 16.8. The first-order valence-corrected chi connectivity index (χ1v) is 36.8. The summed E-state index contributed by atoms with van der Waals surface area (Å²) < 4.78 is 96.7. The summed E-state index contributed by atoms with van der Waals surface area (Å²) in [6, 6.07) is 0. The highest BCUT2D eigenvalue weighted by Gasteiger charge is 2.70. The molecule has 21 N–H and O–H groups in total. The SMILES string of the molecule is C[C@H]1CC[C@@]2(OC1)O[C@H]1C[C@@H]3[C@@H]4CC[C@H]5C[C@@H](O[C@@H]6O[C@H](CO)[C@H](O[C@@H]7O[C@H](CO)[C@@H](O)[C@H](O[C@@H]8O[C@H](CO)[C@@H](O)[C@H](O[C@@H]9O[C@H](CO[C@@H]%10O[C@@H](CO)[C@@H](O)[C@H]%10O)[C@@H](O)[C@H](O[C@@H]%10OC[C@@H](O)[C@H](O)[C@H]%10O)[C@H]9O)[C@H]8O)[C@H]7O[C@@H]7O[C@H](CO)[C@H](O)[C@H](O)[C@H]7O)[C@H](O)[C@H]6O)[C@H](O)C[C@]5(C)[C@H]4CC[C@]3(C)[C@H]1[C@@H]2C. The van der Waals surface area contributed by atoms with Crippen molar-refractivity contribution in [1.82, 2.24) is 0 Å². The van der Waals surface area contributed by atoms with Gasteiger partial charge in [-0.1, -0.05) is 27.7 Å². The van der Waals surface area contributed by atoms with Gasteiger partial charge in [0.15, 0.2) is 49.8 Å². The van der Waals surface area contributed by atoms with Crippen LogP contribution < -0.4 is 0 Å². The van der Waals surface area contributed by atoms with Crippen LogP contribution in [0.4, 0.5) is 0 Å². The van der Waals surface area contributed by atoms with Crippen LogP contribution in [0.15, 0.2) is 0 Å². The van der Waals surface area contributed by atoms with E-state index in [4.69, 9.17) is 75.8 Å². The largest absolute Gasteiger partial charge is 0.394 e. The number of aliphatic hydroxyl groups is 21. The number of rotatable bonds is 20. The Kier molecular flexibility index (Phi) is 24.9. The smallest absolute Gasteiger partial charge is 0.187 e.